The second-order valence-electron chi connectivity index (χ2n) is 5.71. The molecule has 114 valence electrons. The Bertz CT molecular complexity index is 678. The largest absolute Gasteiger partial charge is 0.397 e. The van der Waals surface area contributed by atoms with Crippen LogP contribution in [-0.2, 0) is 0 Å². The van der Waals surface area contributed by atoms with E-state index in [9.17, 15) is 4.79 Å². The first-order valence-electron chi connectivity index (χ1n) is 7.32. The fourth-order valence-corrected chi connectivity index (χ4v) is 3.59. The van der Waals surface area contributed by atoms with E-state index in [1.54, 1.807) is 0 Å². The minimum Gasteiger partial charge on any atom is -0.397 e. The molecule has 2 rings (SSSR count). The summed E-state index contributed by atoms with van der Waals surface area (Å²) in [7, 11) is 0. The molecule has 4 nitrogen and oxygen atoms in total. The third-order valence-corrected chi connectivity index (χ3v) is 5.23. The van der Waals surface area contributed by atoms with E-state index < -0.39 is 0 Å². The molecule has 0 saturated carbocycles. The molecule has 0 fully saturated rings. The number of nitrogens with one attached hydrogen (secondary N) is 1. The molecule has 0 aromatic carbocycles. The predicted octanol–water partition coefficient (Wildman–Crippen LogP) is 3.66. The van der Waals surface area contributed by atoms with Crippen molar-refractivity contribution in [3.8, 4) is 0 Å². The van der Waals surface area contributed by atoms with Crippen LogP contribution in [-0.4, -0.2) is 16.9 Å². The Morgan fingerprint density at radius 3 is 2.71 bits per heavy atom. The van der Waals surface area contributed by atoms with Gasteiger partial charge >= 0.3 is 0 Å². The molecule has 0 aliphatic carbocycles. The molecule has 2 aromatic rings. The van der Waals surface area contributed by atoms with E-state index >= 15 is 0 Å². The maximum absolute atomic E-state index is 12.5. The molecule has 0 aliphatic rings. The molecule has 2 aromatic heterocycles. The summed E-state index contributed by atoms with van der Waals surface area (Å²) >= 11 is 1.44. The van der Waals surface area contributed by atoms with Gasteiger partial charge in [-0.3, -0.25) is 9.78 Å². The van der Waals surface area contributed by atoms with Crippen molar-refractivity contribution in [2.24, 2.45) is 5.92 Å². The van der Waals surface area contributed by atoms with E-state index in [4.69, 9.17) is 5.73 Å². The van der Waals surface area contributed by atoms with Crippen molar-refractivity contribution in [2.75, 3.05) is 5.73 Å². The van der Waals surface area contributed by atoms with E-state index in [1.807, 2.05) is 26.8 Å². The number of anilines is 1. The molecule has 2 heterocycles. The minimum atomic E-state index is -0.0847. The first-order valence-corrected chi connectivity index (χ1v) is 8.13. The van der Waals surface area contributed by atoms with Crippen LogP contribution >= 0.6 is 11.3 Å². The minimum absolute atomic E-state index is 0.0847. The van der Waals surface area contributed by atoms with Crippen LogP contribution in [0.25, 0.3) is 10.1 Å². The molecule has 0 spiro atoms. The van der Waals surface area contributed by atoms with Crippen molar-refractivity contribution in [1.29, 1.82) is 0 Å². The molecule has 0 bridgehead atoms. The Morgan fingerprint density at radius 2 is 2.10 bits per heavy atom. The summed E-state index contributed by atoms with van der Waals surface area (Å²) < 4.78 is 1.03. The highest BCUT2D eigenvalue weighted by Crippen LogP contribution is 2.35. The Hall–Kier alpha value is -1.62. The number of hydrogen-bond donors (Lipinski definition) is 2. The number of nitrogens with two attached hydrogens (primary N) is 1. The summed E-state index contributed by atoms with van der Waals surface area (Å²) in [5.41, 5.74) is 8.56. The van der Waals surface area contributed by atoms with Crippen LogP contribution in [0.5, 0.6) is 0 Å². The van der Waals surface area contributed by atoms with Crippen LogP contribution in [0.15, 0.2) is 6.07 Å². The lowest BCUT2D eigenvalue weighted by molar-refractivity contribution is 0.0933. The number of fused-ring (bicyclic) bond motifs is 1. The maximum atomic E-state index is 12.5. The lowest BCUT2D eigenvalue weighted by atomic mass is 10.0. The second kappa shape index (κ2) is 6.02. The summed E-state index contributed by atoms with van der Waals surface area (Å²) in [4.78, 5) is 17.5. The number of rotatable bonds is 4. The fourth-order valence-electron chi connectivity index (χ4n) is 2.42. The fraction of sp³-hybridized carbons (Fsp3) is 0.500. The van der Waals surface area contributed by atoms with Gasteiger partial charge < -0.3 is 11.1 Å². The van der Waals surface area contributed by atoms with Crippen LogP contribution in [0.4, 0.5) is 5.69 Å². The van der Waals surface area contributed by atoms with Gasteiger partial charge in [0.15, 0.2) is 0 Å². The van der Waals surface area contributed by atoms with E-state index in [0.717, 1.165) is 27.9 Å². The zero-order valence-corrected chi connectivity index (χ0v) is 14.1. The third kappa shape index (κ3) is 3.02. The number of pyridine rings is 1. The molecule has 21 heavy (non-hydrogen) atoms. The SMILES string of the molecule is CCC(C)C(C)NC(=O)c1sc2cc(C)nc(C)c2c1N. The Morgan fingerprint density at radius 1 is 1.43 bits per heavy atom. The van der Waals surface area contributed by atoms with Gasteiger partial charge in [0.1, 0.15) is 4.88 Å². The van der Waals surface area contributed by atoms with Gasteiger partial charge in [0.25, 0.3) is 5.91 Å². The highest BCUT2D eigenvalue weighted by atomic mass is 32.1. The summed E-state index contributed by atoms with van der Waals surface area (Å²) in [6.07, 6.45) is 1.03. The van der Waals surface area contributed by atoms with Crippen molar-refractivity contribution >= 4 is 33.0 Å². The van der Waals surface area contributed by atoms with Gasteiger partial charge in [-0.1, -0.05) is 20.3 Å². The smallest absolute Gasteiger partial charge is 0.263 e. The number of aromatic nitrogens is 1. The molecule has 1 amide bonds. The monoisotopic (exact) mass is 305 g/mol. The number of hydrogen-bond acceptors (Lipinski definition) is 4. The molecule has 3 N–H and O–H groups in total. The average molecular weight is 305 g/mol. The van der Waals surface area contributed by atoms with Gasteiger partial charge in [-0.2, -0.15) is 0 Å². The first-order chi connectivity index (χ1) is 9.85. The number of aryl methyl sites for hydroxylation is 2. The molecule has 0 aliphatic heterocycles. The van der Waals surface area contributed by atoms with E-state index in [1.165, 1.54) is 11.3 Å². The van der Waals surface area contributed by atoms with Crippen molar-refractivity contribution in [2.45, 2.75) is 47.1 Å². The molecule has 2 atom stereocenters. The normalized spacial score (nSPS) is 14.1. The van der Waals surface area contributed by atoms with Crippen LogP contribution < -0.4 is 11.1 Å². The van der Waals surface area contributed by atoms with Gasteiger partial charge in [-0.25, -0.2) is 0 Å². The van der Waals surface area contributed by atoms with Crippen LogP contribution in [0.1, 0.15) is 48.3 Å². The standard InChI is InChI=1S/C16H23N3OS/c1-6-8(2)10(4)19-16(20)15-14(17)13-11(5)18-9(3)7-12(13)21-15/h7-8,10H,6,17H2,1-5H3,(H,19,20). The molecule has 2 unspecified atom stereocenters. The predicted molar refractivity (Wildman–Crippen MR) is 89.9 cm³/mol. The summed E-state index contributed by atoms with van der Waals surface area (Å²) in [5, 5.41) is 3.96. The summed E-state index contributed by atoms with van der Waals surface area (Å²) in [5.74, 6) is 0.355. The highest BCUT2D eigenvalue weighted by Gasteiger charge is 2.21. The van der Waals surface area contributed by atoms with Gasteiger partial charge in [0.2, 0.25) is 0 Å². The zero-order valence-electron chi connectivity index (χ0n) is 13.3. The number of amides is 1. The Labute approximate surface area is 129 Å². The highest BCUT2D eigenvalue weighted by molar-refractivity contribution is 7.21. The molecule has 5 heteroatoms. The van der Waals surface area contributed by atoms with E-state index in [0.29, 0.717) is 16.5 Å². The van der Waals surface area contributed by atoms with Crippen molar-refractivity contribution in [3.63, 3.8) is 0 Å². The van der Waals surface area contributed by atoms with Crippen LogP contribution in [0.2, 0.25) is 0 Å². The van der Waals surface area contributed by atoms with Gasteiger partial charge in [0, 0.05) is 27.5 Å². The zero-order chi connectivity index (χ0) is 15.7. The average Bonchev–Trinajstić information content (AvgIpc) is 2.74. The maximum Gasteiger partial charge on any atom is 0.263 e. The first kappa shape index (κ1) is 15.8. The lowest BCUT2D eigenvalue weighted by Crippen LogP contribution is -2.36. The second-order valence-corrected chi connectivity index (χ2v) is 6.77. The lowest BCUT2D eigenvalue weighted by Gasteiger charge is -2.19. The van der Waals surface area contributed by atoms with Crippen molar-refractivity contribution < 1.29 is 4.79 Å². The Balaban J connectivity index is 2.36. The quantitative estimate of drug-likeness (QED) is 0.905. The van der Waals surface area contributed by atoms with E-state index in [2.05, 4.69) is 24.1 Å². The number of nitrogens with zero attached hydrogens (tertiary/aromatic N) is 1. The number of carbonyl (C=O) groups excluding carboxylic acids is 1. The summed E-state index contributed by atoms with van der Waals surface area (Å²) in [6, 6.07) is 2.12. The summed E-state index contributed by atoms with van der Waals surface area (Å²) in [6.45, 7) is 10.2. The number of carbonyl (C=O) groups is 1. The topological polar surface area (TPSA) is 68.0 Å². The van der Waals surface area contributed by atoms with E-state index in [-0.39, 0.29) is 11.9 Å². The van der Waals surface area contributed by atoms with Gasteiger partial charge in [-0.15, -0.1) is 11.3 Å². The molecular formula is C16H23N3OS. The number of nitrogen functional groups attached to an aromatic ring is 1. The van der Waals surface area contributed by atoms with Gasteiger partial charge in [-0.05, 0) is 32.8 Å². The third-order valence-electron chi connectivity index (χ3n) is 4.08. The number of thiophene rings is 1. The van der Waals surface area contributed by atoms with Gasteiger partial charge in [0.05, 0.1) is 5.69 Å². The molecule has 0 radical (unpaired) electrons. The molecular weight excluding hydrogens is 282 g/mol. The molecule has 0 saturated heterocycles. The van der Waals surface area contributed by atoms with Crippen LogP contribution in [0.3, 0.4) is 0 Å². The van der Waals surface area contributed by atoms with Crippen LogP contribution in [0, 0.1) is 19.8 Å². The van der Waals surface area contributed by atoms with Crippen molar-refractivity contribution in [3.05, 3.63) is 22.3 Å². The Kier molecular flexibility index (Phi) is 4.52. The van der Waals surface area contributed by atoms with Crippen molar-refractivity contribution in [1.82, 2.24) is 10.3 Å².